The average molecular weight is 201 g/mol. The Morgan fingerprint density at radius 1 is 1.14 bits per heavy atom. The minimum Gasteiger partial charge on any atom is -0.317 e. The smallest absolute Gasteiger partial charge is 0.00359 e. The van der Waals surface area contributed by atoms with Gasteiger partial charge in [-0.1, -0.05) is 41.0 Å². The van der Waals surface area contributed by atoms with Gasteiger partial charge in [-0.2, -0.15) is 0 Å². The number of rotatable bonds is 6. The van der Waals surface area contributed by atoms with Gasteiger partial charge in [-0.05, 0) is 38.6 Å². The first-order valence-corrected chi connectivity index (χ1v) is 6.19. The zero-order valence-electron chi connectivity index (χ0n) is 11.4. The lowest BCUT2D eigenvalue weighted by molar-refractivity contribution is 0.282. The van der Waals surface area contributed by atoms with E-state index in [4.69, 9.17) is 0 Å². The molecule has 0 aliphatic rings. The van der Waals surface area contributed by atoms with Gasteiger partial charge in [0.15, 0.2) is 0 Å². The van der Waals surface area contributed by atoms with Crippen molar-refractivity contribution in [3.63, 3.8) is 0 Å². The molecule has 0 fully saturated rings. The van der Waals surface area contributed by atoms with Crippen LogP contribution in [0.3, 0.4) is 0 Å². The van der Waals surface area contributed by atoms with Gasteiger partial charge in [0.1, 0.15) is 0 Å². The highest BCUT2D eigenvalue weighted by Gasteiger charge is 2.16. The van der Waals surface area contributed by atoms with E-state index in [9.17, 15) is 0 Å². The predicted octanol–water partition coefficient (Wildman–Crippen LogP) is 4.23. The molecule has 0 aromatic rings. The number of hydrogen-bond acceptors (Lipinski definition) is 1. The lowest BCUT2D eigenvalue weighted by Gasteiger charge is -2.25. The average Bonchev–Trinajstić information content (AvgIpc) is 2.17. The topological polar surface area (TPSA) is 12.0 Å². The van der Waals surface area contributed by atoms with Gasteiger partial charge in [0.2, 0.25) is 0 Å². The van der Waals surface area contributed by atoms with Crippen LogP contribution in [0.25, 0.3) is 0 Å². The van der Waals surface area contributed by atoms with Gasteiger partial charge < -0.3 is 5.32 Å². The Bertz CT molecular complexity index is 108. The molecule has 0 aromatic heterocycles. The second kappa shape index (κ2) is 9.51. The Hall–Kier alpha value is -0.0400. The summed E-state index contributed by atoms with van der Waals surface area (Å²) in [7, 11) is 2.04. The third kappa shape index (κ3) is 10.0. The van der Waals surface area contributed by atoms with Crippen molar-refractivity contribution in [3.8, 4) is 0 Å². The normalized spacial score (nSPS) is 13.1. The van der Waals surface area contributed by atoms with E-state index in [1.807, 2.05) is 20.9 Å². The molecule has 0 saturated heterocycles. The quantitative estimate of drug-likeness (QED) is 0.678. The molecule has 1 N–H and O–H groups in total. The zero-order valence-corrected chi connectivity index (χ0v) is 11.4. The maximum absolute atomic E-state index is 3.28. The fourth-order valence-corrected chi connectivity index (χ4v) is 1.55. The van der Waals surface area contributed by atoms with Crippen LogP contribution in [0, 0.1) is 5.41 Å². The molecule has 1 atom stereocenters. The maximum Gasteiger partial charge on any atom is 0.00359 e. The van der Waals surface area contributed by atoms with E-state index >= 15 is 0 Å². The molecular weight excluding hydrogens is 170 g/mol. The molecule has 88 valence electrons. The van der Waals surface area contributed by atoms with Crippen molar-refractivity contribution >= 4 is 0 Å². The van der Waals surface area contributed by atoms with Crippen molar-refractivity contribution in [1.29, 1.82) is 0 Å². The largest absolute Gasteiger partial charge is 0.317 e. The van der Waals surface area contributed by atoms with Gasteiger partial charge in [-0.25, -0.2) is 0 Å². The van der Waals surface area contributed by atoms with Gasteiger partial charge in [0.25, 0.3) is 0 Å². The van der Waals surface area contributed by atoms with Crippen molar-refractivity contribution < 1.29 is 0 Å². The summed E-state index contributed by atoms with van der Waals surface area (Å²) in [5, 5.41) is 3.28. The Morgan fingerprint density at radius 3 is 2.00 bits per heavy atom. The van der Waals surface area contributed by atoms with Gasteiger partial charge in [-0.3, -0.25) is 0 Å². The van der Waals surface area contributed by atoms with E-state index in [1.165, 1.54) is 25.7 Å². The minimum absolute atomic E-state index is 0.542. The first-order chi connectivity index (χ1) is 6.52. The first-order valence-electron chi connectivity index (χ1n) is 6.19. The van der Waals surface area contributed by atoms with E-state index in [0.29, 0.717) is 11.5 Å². The molecule has 14 heavy (non-hydrogen) atoms. The summed E-state index contributed by atoms with van der Waals surface area (Å²) in [5.74, 6) is 0. The third-order valence-corrected chi connectivity index (χ3v) is 2.67. The molecule has 0 saturated carbocycles. The van der Waals surface area contributed by atoms with E-state index < -0.39 is 0 Å². The van der Waals surface area contributed by atoms with Gasteiger partial charge in [0, 0.05) is 6.04 Å². The molecule has 0 spiro atoms. The third-order valence-electron chi connectivity index (χ3n) is 2.67. The molecule has 0 aromatic carbocycles. The van der Waals surface area contributed by atoms with E-state index in [2.05, 4.69) is 33.0 Å². The summed E-state index contributed by atoms with van der Waals surface area (Å²) in [5.41, 5.74) is 0.542. The fourth-order valence-electron chi connectivity index (χ4n) is 1.55. The molecular formula is C13H31N. The van der Waals surface area contributed by atoms with Crippen molar-refractivity contribution in [2.75, 3.05) is 7.05 Å². The zero-order chi connectivity index (χ0) is 11.6. The van der Waals surface area contributed by atoms with Crippen molar-refractivity contribution in [2.45, 2.75) is 73.3 Å². The van der Waals surface area contributed by atoms with Gasteiger partial charge in [0.05, 0.1) is 0 Å². The highest BCUT2D eigenvalue weighted by molar-refractivity contribution is 4.70. The molecule has 0 radical (unpaired) electrons. The van der Waals surface area contributed by atoms with E-state index in [1.54, 1.807) is 0 Å². The highest BCUT2D eigenvalue weighted by atomic mass is 14.8. The number of nitrogens with one attached hydrogen (secondary N) is 1. The van der Waals surface area contributed by atoms with Crippen LogP contribution in [-0.2, 0) is 0 Å². The summed E-state index contributed by atoms with van der Waals surface area (Å²) in [4.78, 5) is 0. The van der Waals surface area contributed by atoms with Crippen molar-refractivity contribution in [3.05, 3.63) is 0 Å². The van der Waals surface area contributed by atoms with Crippen molar-refractivity contribution in [1.82, 2.24) is 5.32 Å². The van der Waals surface area contributed by atoms with Crippen LogP contribution in [0.2, 0.25) is 0 Å². The van der Waals surface area contributed by atoms with Gasteiger partial charge in [-0.15, -0.1) is 0 Å². The summed E-state index contributed by atoms with van der Waals surface area (Å²) in [6.07, 6.45) is 5.29. The molecule has 0 aliphatic carbocycles. The Balaban J connectivity index is 0. The van der Waals surface area contributed by atoms with Crippen LogP contribution in [0.1, 0.15) is 67.2 Å². The number of hydrogen-bond donors (Lipinski definition) is 1. The SMILES string of the molecule is CC.CCCC(C)(C)CCC(C)NC. The summed E-state index contributed by atoms with van der Waals surface area (Å²) < 4.78 is 0. The van der Waals surface area contributed by atoms with Crippen LogP contribution in [0.4, 0.5) is 0 Å². The second-order valence-electron chi connectivity index (χ2n) is 4.64. The second-order valence-corrected chi connectivity index (χ2v) is 4.64. The van der Waals surface area contributed by atoms with Crippen LogP contribution >= 0.6 is 0 Å². The summed E-state index contributed by atoms with van der Waals surface area (Å²) in [6, 6.07) is 0.668. The molecule has 1 nitrogen and oxygen atoms in total. The maximum atomic E-state index is 3.28. The lowest BCUT2D eigenvalue weighted by atomic mass is 9.82. The standard InChI is InChI=1S/C11H25N.C2H6/c1-6-8-11(3,4)9-7-10(2)12-5;1-2/h10,12H,6-9H2,1-5H3;1-2H3. The van der Waals surface area contributed by atoms with E-state index in [-0.39, 0.29) is 0 Å². The molecule has 1 unspecified atom stereocenters. The predicted molar refractivity (Wildman–Crippen MR) is 67.8 cm³/mol. The van der Waals surface area contributed by atoms with E-state index in [0.717, 1.165) is 0 Å². The Kier molecular flexibility index (Phi) is 11.1. The lowest BCUT2D eigenvalue weighted by Crippen LogP contribution is -2.23. The van der Waals surface area contributed by atoms with Crippen LogP contribution < -0.4 is 5.32 Å². The Morgan fingerprint density at radius 2 is 1.64 bits per heavy atom. The Labute approximate surface area is 91.7 Å². The molecule has 0 amide bonds. The summed E-state index contributed by atoms with van der Waals surface area (Å²) in [6.45, 7) is 13.3. The molecule has 0 heterocycles. The van der Waals surface area contributed by atoms with Gasteiger partial charge >= 0.3 is 0 Å². The first kappa shape index (κ1) is 16.4. The molecule has 1 heteroatoms. The van der Waals surface area contributed by atoms with Crippen LogP contribution in [0.5, 0.6) is 0 Å². The summed E-state index contributed by atoms with van der Waals surface area (Å²) >= 11 is 0. The molecule has 0 bridgehead atoms. The fraction of sp³-hybridized carbons (Fsp3) is 1.00. The highest BCUT2D eigenvalue weighted by Crippen LogP contribution is 2.28. The monoisotopic (exact) mass is 201 g/mol. The van der Waals surface area contributed by atoms with Crippen LogP contribution in [-0.4, -0.2) is 13.1 Å². The molecule has 0 aliphatic heterocycles. The van der Waals surface area contributed by atoms with Crippen molar-refractivity contribution in [2.24, 2.45) is 5.41 Å². The minimum atomic E-state index is 0.542. The van der Waals surface area contributed by atoms with Crippen LogP contribution in [0.15, 0.2) is 0 Å². The molecule has 0 rings (SSSR count).